The van der Waals surface area contributed by atoms with Crippen LogP contribution in [-0.2, 0) is 27.9 Å². The van der Waals surface area contributed by atoms with Gasteiger partial charge in [0, 0.05) is 40.6 Å². The SMILES string of the molecule is C=CCOc1c(C)c2c(c3c1[C@H]1SC[C@]4(NCCc5cc(O)c(OC)cc54)C(=O)OC[C@H]3N3C1[C@H]1c4c(cc(C)c(OC)c4OCC=C)C[C@H]([C@@H]3O)N1C)OCO2. The summed E-state index contributed by atoms with van der Waals surface area (Å²) in [6.07, 6.45) is 3.64. The predicted octanol–water partition coefficient (Wildman–Crippen LogP) is 4.91. The molecule has 3 aromatic carbocycles. The van der Waals surface area contributed by atoms with E-state index in [4.69, 9.17) is 33.2 Å². The molecule has 57 heavy (non-hydrogen) atoms. The molecule has 0 radical (unpaired) electrons. The highest BCUT2D eigenvalue weighted by Gasteiger charge is 2.61. The van der Waals surface area contributed by atoms with Gasteiger partial charge in [-0.2, -0.15) is 0 Å². The summed E-state index contributed by atoms with van der Waals surface area (Å²) in [6.45, 7) is 12.8. The third-order valence-electron chi connectivity index (χ3n) is 12.7. The number of esters is 1. The Hall–Kier alpha value is -4.60. The van der Waals surface area contributed by atoms with Gasteiger partial charge in [0.2, 0.25) is 6.79 Å². The van der Waals surface area contributed by atoms with Gasteiger partial charge in [0.05, 0.1) is 37.6 Å². The van der Waals surface area contributed by atoms with Crippen LogP contribution in [0.3, 0.4) is 0 Å². The molecule has 2 fully saturated rings. The number of fused-ring (bicyclic) bond motifs is 9. The second-order valence-electron chi connectivity index (χ2n) is 15.5. The van der Waals surface area contributed by atoms with Crippen molar-refractivity contribution < 1.29 is 48.2 Å². The van der Waals surface area contributed by atoms with Crippen molar-refractivity contribution in [3.05, 3.63) is 88.0 Å². The Balaban J connectivity index is 1.32. The molecule has 7 aliphatic heterocycles. The largest absolute Gasteiger partial charge is 0.504 e. The Morgan fingerprint density at radius 1 is 0.982 bits per heavy atom. The number of thioether (sulfide) groups is 1. The summed E-state index contributed by atoms with van der Waals surface area (Å²) < 4.78 is 43.7. The fraction of sp³-hybridized carbons (Fsp3) is 0.465. The minimum atomic E-state index is -1.29. The van der Waals surface area contributed by atoms with Gasteiger partial charge >= 0.3 is 5.97 Å². The number of aromatic hydroxyl groups is 1. The smallest absolute Gasteiger partial charge is 0.331 e. The molecule has 4 bridgehead atoms. The van der Waals surface area contributed by atoms with Crippen LogP contribution in [0.2, 0.25) is 0 Å². The van der Waals surface area contributed by atoms with Gasteiger partial charge in [0.1, 0.15) is 31.8 Å². The van der Waals surface area contributed by atoms with E-state index in [1.165, 1.54) is 7.11 Å². The van der Waals surface area contributed by atoms with E-state index in [0.29, 0.717) is 53.7 Å². The topological polar surface area (TPSA) is 141 Å². The van der Waals surface area contributed by atoms with E-state index in [2.05, 4.69) is 41.4 Å². The summed E-state index contributed by atoms with van der Waals surface area (Å²) in [7, 11) is 5.22. The summed E-state index contributed by atoms with van der Waals surface area (Å²) in [5.41, 5.74) is 5.74. The van der Waals surface area contributed by atoms with Gasteiger partial charge < -0.3 is 43.4 Å². The van der Waals surface area contributed by atoms with Gasteiger partial charge in [-0.25, -0.2) is 4.79 Å². The zero-order valence-electron chi connectivity index (χ0n) is 32.9. The summed E-state index contributed by atoms with van der Waals surface area (Å²) >= 11 is 1.60. The van der Waals surface area contributed by atoms with Crippen molar-refractivity contribution in [2.45, 2.75) is 67.9 Å². The van der Waals surface area contributed by atoms with Crippen molar-refractivity contribution in [2.75, 3.05) is 60.2 Å². The van der Waals surface area contributed by atoms with Crippen LogP contribution in [0.15, 0.2) is 43.5 Å². The summed E-state index contributed by atoms with van der Waals surface area (Å²) in [6, 6.07) is 3.89. The molecule has 3 N–H and O–H groups in total. The number of aliphatic hydroxyl groups is 1. The molecule has 0 saturated carbocycles. The fourth-order valence-corrected chi connectivity index (χ4v) is 12.0. The number of aliphatic hydroxyl groups excluding tert-OH is 1. The van der Waals surface area contributed by atoms with Crippen LogP contribution in [0.25, 0.3) is 0 Å². The van der Waals surface area contributed by atoms with Gasteiger partial charge in [-0.05, 0) is 68.1 Å². The van der Waals surface area contributed by atoms with Gasteiger partial charge in [-0.1, -0.05) is 31.4 Å². The number of aryl methyl sites for hydroxylation is 1. The Labute approximate surface area is 336 Å². The van der Waals surface area contributed by atoms with E-state index in [0.717, 1.165) is 38.9 Å². The Kier molecular flexibility index (Phi) is 9.55. The molecule has 13 nitrogen and oxygen atoms in total. The van der Waals surface area contributed by atoms with E-state index in [1.807, 2.05) is 13.8 Å². The van der Waals surface area contributed by atoms with Gasteiger partial charge in [-0.15, -0.1) is 11.8 Å². The molecule has 0 aromatic heterocycles. The number of ether oxygens (including phenoxy) is 7. The molecule has 10 rings (SSSR count). The maximum atomic E-state index is 14.8. The van der Waals surface area contributed by atoms with E-state index >= 15 is 0 Å². The van der Waals surface area contributed by atoms with Crippen molar-refractivity contribution in [3.8, 4) is 40.2 Å². The molecule has 14 heteroatoms. The lowest BCUT2D eigenvalue weighted by Gasteiger charge is -2.62. The maximum Gasteiger partial charge on any atom is 0.331 e. The number of hydrogen-bond donors (Lipinski definition) is 3. The van der Waals surface area contributed by atoms with Crippen LogP contribution in [0, 0.1) is 13.8 Å². The van der Waals surface area contributed by atoms with Crippen molar-refractivity contribution in [2.24, 2.45) is 0 Å². The van der Waals surface area contributed by atoms with E-state index in [-0.39, 0.29) is 55.9 Å². The van der Waals surface area contributed by atoms with E-state index in [1.54, 1.807) is 43.2 Å². The lowest BCUT2D eigenvalue weighted by molar-refractivity contribution is -0.186. The number of carbonyl (C=O) groups is 1. The number of carbonyl (C=O) groups excluding carboxylic acids is 1. The van der Waals surface area contributed by atoms with Crippen LogP contribution in [0.1, 0.15) is 61.8 Å². The van der Waals surface area contributed by atoms with Gasteiger partial charge in [0.15, 0.2) is 40.0 Å². The highest BCUT2D eigenvalue weighted by atomic mass is 32.2. The highest BCUT2D eigenvalue weighted by Crippen LogP contribution is 2.64. The van der Waals surface area contributed by atoms with Crippen LogP contribution < -0.4 is 33.7 Å². The molecule has 0 amide bonds. The number of hydrogen-bond acceptors (Lipinski definition) is 14. The maximum absolute atomic E-state index is 14.8. The lowest BCUT2D eigenvalue weighted by Crippen LogP contribution is -2.70. The second kappa shape index (κ2) is 14.3. The Morgan fingerprint density at radius 2 is 1.74 bits per heavy atom. The minimum absolute atomic E-state index is 0.0123. The first-order chi connectivity index (χ1) is 27.6. The number of nitrogens with zero attached hydrogens (tertiary/aromatic N) is 2. The number of benzene rings is 3. The lowest BCUT2D eigenvalue weighted by atomic mass is 9.73. The normalized spacial score (nSPS) is 28.4. The van der Waals surface area contributed by atoms with Crippen molar-refractivity contribution in [1.82, 2.24) is 15.1 Å². The Bertz CT molecular complexity index is 2180. The monoisotopic (exact) mass is 799 g/mol. The highest BCUT2D eigenvalue weighted by molar-refractivity contribution is 7.99. The number of rotatable bonds is 8. The molecule has 2 saturated heterocycles. The number of piperazine rings is 1. The van der Waals surface area contributed by atoms with Crippen LogP contribution in [-0.4, -0.2) is 104 Å². The molecule has 7 atom stereocenters. The molecular weight excluding hydrogens is 751 g/mol. The van der Waals surface area contributed by atoms with Crippen LogP contribution in [0.5, 0.6) is 40.2 Å². The molecule has 7 heterocycles. The first-order valence-electron chi connectivity index (χ1n) is 19.3. The van der Waals surface area contributed by atoms with Crippen LogP contribution >= 0.6 is 11.8 Å². The second-order valence-corrected chi connectivity index (χ2v) is 16.6. The standard InChI is InChI=1S/C43H49N3O10S/c1-8-12-52-36-22(4)37-39(56-20-55-37)31-27-18-54-42(49)43(25-17-29(50-6)28(47)16-23(25)10-11-44-43)19-57-40(32(31)36)34-33-30-24(15-26(45(33)5)41(48)46(27)34)14-21(3)35(51-7)38(30)53-13-9-2/h8-9,14,16-17,26-27,33-34,40-41,44,47-48H,1-2,10-13,15,18-20H2,3-7H3/t26-,27-,33-,34?,40-,41+,43-/m1/s1. The summed E-state index contributed by atoms with van der Waals surface area (Å²) in [5, 5.41) is 26.7. The Morgan fingerprint density at radius 3 is 2.47 bits per heavy atom. The van der Waals surface area contributed by atoms with Crippen molar-refractivity contribution in [1.29, 1.82) is 0 Å². The fourth-order valence-electron chi connectivity index (χ4n) is 10.3. The zero-order valence-corrected chi connectivity index (χ0v) is 33.7. The molecule has 302 valence electrons. The number of phenolic OH excluding ortho intramolecular Hbond substituents is 1. The van der Waals surface area contributed by atoms with Crippen molar-refractivity contribution in [3.63, 3.8) is 0 Å². The van der Waals surface area contributed by atoms with E-state index < -0.39 is 35.1 Å². The molecule has 7 aliphatic rings. The third kappa shape index (κ3) is 5.47. The first kappa shape index (κ1) is 37.9. The zero-order chi connectivity index (χ0) is 39.9. The van der Waals surface area contributed by atoms with Gasteiger partial charge in [0.25, 0.3) is 0 Å². The average Bonchev–Trinajstić information content (AvgIpc) is 3.70. The van der Waals surface area contributed by atoms with E-state index in [9.17, 15) is 15.0 Å². The predicted molar refractivity (Wildman–Crippen MR) is 213 cm³/mol. The molecule has 0 aliphatic carbocycles. The summed E-state index contributed by atoms with van der Waals surface area (Å²) in [4.78, 5) is 19.2. The van der Waals surface area contributed by atoms with Crippen molar-refractivity contribution >= 4 is 17.7 Å². The molecule has 1 spiro atoms. The quantitative estimate of drug-likeness (QED) is 0.210. The molecule has 1 unspecified atom stereocenters. The number of nitrogens with one attached hydrogen (secondary N) is 1. The summed E-state index contributed by atoms with van der Waals surface area (Å²) in [5.74, 6) is 3.17. The third-order valence-corrected chi connectivity index (χ3v) is 14.2. The van der Waals surface area contributed by atoms with Gasteiger partial charge in [-0.3, -0.25) is 15.1 Å². The molecular formula is C43H49N3O10S. The number of likely N-dealkylation sites (N-methyl/N-ethyl adjacent to an activating group) is 1. The first-order valence-corrected chi connectivity index (χ1v) is 20.4. The van der Waals surface area contributed by atoms with Crippen LogP contribution in [0.4, 0.5) is 0 Å². The average molecular weight is 800 g/mol. The number of methoxy groups -OCH3 is 2. The molecule has 3 aromatic rings. The minimum Gasteiger partial charge on any atom is -0.504 e. The number of phenols is 1.